The topological polar surface area (TPSA) is 38.9 Å². The molecule has 2 aromatic heterocycles. The molecule has 2 aromatic rings. The van der Waals surface area contributed by atoms with Gasteiger partial charge in [-0.15, -0.1) is 11.3 Å². The number of halogens is 2. The standard InChI is InChI=1S/C11H10BrClN2S/c12-8-2-1-5-15-11(8)9(14)6-7-3-4-10(13)16-7/h1-5,9H,6,14H2. The summed E-state index contributed by atoms with van der Waals surface area (Å²) >= 11 is 10.9. The van der Waals surface area contributed by atoms with Gasteiger partial charge in [0.15, 0.2) is 0 Å². The third-order valence-corrected chi connectivity index (χ3v) is 4.11. The largest absolute Gasteiger partial charge is 0.322 e. The van der Waals surface area contributed by atoms with Gasteiger partial charge in [-0.2, -0.15) is 0 Å². The minimum atomic E-state index is -0.106. The minimum absolute atomic E-state index is 0.106. The SMILES string of the molecule is NC(Cc1ccc(Cl)s1)c1ncccc1Br. The first-order chi connectivity index (χ1) is 7.66. The summed E-state index contributed by atoms with van der Waals surface area (Å²) in [5.74, 6) is 0. The molecule has 0 aliphatic carbocycles. The summed E-state index contributed by atoms with van der Waals surface area (Å²) in [7, 11) is 0. The Hall–Kier alpha value is -0.420. The predicted octanol–water partition coefficient (Wildman–Crippen LogP) is 3.80. The second-order valence-electron chi connectivity index (χ2n) is 3.39. The molecule has 1 atom stereocenters. The van der Waals surface area contributed by atoms with E-state index in [1.54, 1.807) is 17.5 Å². The Morgan fingerprint density at radius 3 is 2.88 bits per heavy atom. The second-order valence-corrected chi connectivity index (χ2v) is 6.04. The molecule has 0 bridgehead atoms. The lowest BCUT2D eigenvalue weighted by atomic mass is 10.1. The molecule has 0 aliphatic heterocycles. The molecule has 5 heteroatoms. The summed E-state index contributed by atoms with van der Waals surface area (Å²) in [4.78, 5) is 5.46. The highest BCUT2D eigenvalue weighted by molar-refractivity contribution is 9.10. The van der Waals surface area contributed by atoms with Crippen LogP contribution in [-0.2, 0) is 6.42 Å². The summed E-state index contributed by atoms with van der Waals surface area (Å²) in [6, 6.07) is 7.61. The molecule has 2 N–H and O–H groups in total. The lowest BCUT2D eigenvalue weighted by Gasteiger charge is -2.11. The normalized spacial score (nSPS) is 12.7. The third kappa shape index (κ3) is 2.83. The molecule has 2 heterocycles. The van der Waals surface area contributed by atoms with Crippen molar-refractivity contribution in [3.05, 3.63) is 49.8 Å². The Kier molecular flexibility index (Phi) is 3.97. The first-order valence-corrected chi connectivity index (χ1v) is 6.76. The number of thiophene rings is 1. The van der Waals surface area contributed by atoms with Crippen LogP contribution in [0.15, 0.2) is 34.9 Å². The van der Waals surface area contributed by atoms with E-state index < -0.39 is 0 Å². The van der Waals surface area contributed by atoms with E-state index in [4.69, 9.17) is 17.3 Å². The molecule has 1 unspecified atom stereocenters. The van der Waals surface area contributed by atoms with Gasteiger partial charge in [-0.25, -0.2) is 0 Å². The second kappa shape index (κ2) is 5.27. The van der Waals surface area contributed by atoms with Crippen molar-refractivity contribution in [2.75, 3.05) is 0 Å². The first-order valence-electron chi connectivity index (χ1n) is 4.77. The van der Waals surface area contributed by atoms with E-state index in [2.05, 4.69) is 20.9 Å². The van der Waals surface area contributed by atoms with Gasteiger partial charge in [-0.05, 0) is 40.2 Å². The van der Waals surface area contributed by atoms with Gasteiger partial charge in [0.1, 0.15) is 0 Å². The van der Waals surface area contributed by atoms with E-state index in [0.29, 0.717) is 0 Å². The van der Waals surface area contributed by atoms with Gasteiger partial charge < -0.3 is 5.73 Å². The lowest BCUT2D eigenvalue weighted by Crippen LogP contribution is -2.14. The summed E-state index contributed by atoms with van der Waals surface area (Å²) in [5.41, 5.74) is 6.99. The number of nitrogens with zero attached hydrogens (tertiary/aromatic N) is 1. The zero-order valence-corrected chi connectivity index (χ0v) is 11.5. The van der Waals surface area contributed by atoms with Crippen molar-refractivity contribution >= 4 is 38.9 Å². The molecule has 2 rings (SSSR count). The van der Waals surface area contributed by atoms with Crippen LogP contribution in [0, 0.1) is 0 Å². The monoisotopic (exact) mass is 316 g/mol. The quantitative estimate of drug-likeness (QED) is 0.935. The van der Waals surface area contributed by atoms with Crippen LogP contribution in [0.1, 0.15) is 16.6 Å². The Labute approximate surface area is 112 Å². The third-order valence-electron chi connectivity index (χ3n) is 2.19. The fraction of sp³-hybridized carbons (Fsp3) is 0.182. The van der Waals surface area contributed by atoms with Crippen LogP contribution < -0.4 is 5.73 Å². The molecular weight excluding hydrogens is 308 g/mol. The maximum atomic E-state index is 6.11. The summed E-state index contributed by atoms with van der Waals surface area (Å²) < 4.78 is 1.74. The maximum Gasteiger partial charge on any atom is 0.0931 e. The smallest absolute Gasteiger partial charge is 0.0931 e. The van der Waals surface area contributed by atoms with E-state index in [0.717, 1.165) is 20.9 Å². The first kappa shape index (κ1) is 12.0. The van der Waals surface area contributed by atoms with Crippen molar-refractivity contribution < 1.29 is 0 Å². The average molecular weight is 318 g/mol. The summed E-state index contributed by atoms with van der Waals surface area (Å²) in [6.45, 7) is 0. The van der Waals surface area contributed by atoms with Gasteiger partial charge in [-0.3, -0.25) is 4.98 Å². The summed E-state index contributed by atoms with van der Waals surface area (Å²) in [6.07, 6.45) is 2.51. The Balaban J connectivity index is 2.14. The molecule has 0 fully saturated rings. The van der Waals surface area contributed by atoms with Crippen LogP contribution in [0.5, 0.6) is 0 Å². The molecule has 0 aromatic carbocycles. The molecule has 0 radical (unpaired) electrons. The number of pyridine rings is 1. The van der Waals surface area contributed by atoms with Crippen LogP contribution in [0.4, 0.5) is 0 Å². The van der Waals surface area contributed by atoms with Crippen LogP contribution >= 0.6 is 38.9 Å². The van der Waals surface area contributed by atoms with Crippen molar-refractivity contribution in [1.82, 2.24) is 4.98 Å². The lowest BCUT2D eigenvalue weighted by molar-refractivity contribution is 0.699. The molecule has 2 nitrogen and oxygen atoms in total. The van der Waals surface area contributed by atoms with Crippen molar-refractivity contribution in [2.24, 2.45) is 5.73 Å². The molecule has 0 aliphatic rings. The molecule has 0 saturated heterocycles. The molecule has 0 amide bonds. The van der Waals surface area contributed by atoms with Gasteiger partial charge in [0, 0.05) is 22.0 Å². The van der Waals surface area contributed by atoms with Crippen molar-refractivity contribution in [2.45, 2.75) is 12.5 Å². The molecule has 0 spiro atoms. The van der Waals surface area contributed by atoms with Crippen molar-refractivity contribution in [1.29, 1.82) is 0 Å². The Morgan fingerprint density at radius 2 is 2.25 bits per heavy atom. The maximum absolute atomic E-state index is 6.11. The summed E-state index contributed by atoms with van der Waals surface area (Å²) in [5, 5.41) is 0. The van der Waals surface area contributed by atoms with E-state index in [9.17, 15) is 0 Å². The number of nitrogens with two attached hydrogens (primary N) is 1. The molecule has 16 heavy (non-hydrogen) atoms. The average Bonchev–Trinajstić information content (AvgIpc) is 2.64. The number of rotatable bonds is 3. The van der Waals surface area contributed by atoms with Gasteiger partial charge >= 0.3 is 0 Å². The van der Waals surface area contributed by atoms with Crippen LogP contribution in [-0.4, -0.2) is 4.98 Å². The van der Waals surface area contributed by atoms with Gasteiger partial charge in [0.25, 0.3) is 0 Å². The van der Waals surface area contributed by atoms with E-state index in [1.165, 1.54) is 4.88 Å². The van der Waals surface area contributed by atoms with Crippen LogP contribution in [0.25, 0.3) is 0 Å². The number of hydrogen-bond acceptors (Lipinski definition) is 3. The zero-order chi connectivity index (χ0) is 11.5. The molecular formula is C11H10BrClN2S. The van der Waals surface area contributed by atoms with Crippen LogP contribution in [0.3, 0.4) is 0 Å². The fourth-order valence-electron chi connectivity index (χ4n) is 1.45. The fourth-order valence-corrected chi connectivity index (χ4v) is 3.14. The minimum Gasteiger partial charge on any atom is -0.322 e. The van der Waals surface area contributed by atoms with Crippen molar-refractivity contribution in [3.8, 4) is 0 Å². The van der Waals surface area contributed by atoms with Gasteiger partial charge in [0.05, 0.1) is 16.1 Å². The number of hydrogen-bond donors (Lipinski definition) is 1. The van der Waals surface area contributed by atoms with Crippen molar-refractivity contribution in [3.63, 3.8) is 0 Å². The molecule has 84 valence electrons. The van der Waals surface area contributed by atoms with Gasteiger partial charge in [-0.1, -0.05) is 11.6 Å². The van der Waals surface area contributed by atoms with E-state index in [-0.39, 0.29) is 6.04 Å². The highest BCUT2D eigenvalue weighted by Crippen LogP contribution is 2.27. The zero-order valence-electron chi connectivity index (χ0n) is 8.36. The predicted molar refractivity (Wildman–Crippen MR) is 71.9 cm³/mol. The van der Waals surface area contributed by atoms with E-state index >= 15 is 0 Å². The van der Waals surface area contributed by atoms with Crippen LogP contribution in [0.2, 0.25) is 4.34 Å². The van der Waals surface area contributed by atoms with Gasteiger partial charge in [0.2, 0.25) is 0 Å². The number of aromatic nitrogens is 1. The Morgan fingerprint density at radius 1 is 1.44 bits per heavy atom. The highest BCUT2D eigenvalue weighted by atomic mass is 79.9. The highest BCUT2D eigenvalue weighted by Gasteiger charge is 2.12. The van der Waals surface area contributed by atoms with E-state index in [1.807, 2.05) is 24.3 Å². The Bertz CT molecular complexity index is 486. The molecule has 0 saturated carbocycles.